The highest BCUT2D eigenvalue weighted by atomic mass is 16.3. The summed E-state index contributed by atoms with van der Waals surface area (Å²) < 4.78 is 0. The van der Waals surface area contributed by atoms with Crippen molar-refractivity contribution in [1.29, 1.82) is 0 Å². The van der Waals surface area contributed by atoms with E-state index in [1.807, 2.05) is 0 Å². The van der Waals surface area contributed by atoms with Gasteiger partial charge in [0, 0.05) is 0 Å². The minimum Gasteiger partial charge on any atom is -0.229 e. The molecule has 1 radical (unpaired) electrons. The molecule has 0 aromatic rings. The van der Waals surface area contributed by atoms with Gasteiger partial charge < -0.3 is 0 Å². The van der Waals surface area contributed by atoms with E-state index in [2.05, 4.69) is 27.7 Å². The van der Waals surface area contributed by atoms with Crippen molar-refractivity contribution in [2.45, 2.75) is 130 Å². The predicted octanol–water partition coefficient (Wildman–Crippen LogP) is 7.70. The summed E-state index contributed by atoms with van der Waals surface area (Å²) in [5.41, 5.74) is -0.659. The molecule has 2 unspecified atom stereocenters. The number of rotatable bonds is 16. The summed E-state index contributed by atoms with van der Waals surface area (Å²) in [7, 11) is 0. The van der Waals surface area contributed by atoms with Crippen LogP contribution in [-0.2, 0) is 5.11 Å². The Hall–Kier alpha value is -0.0400. The molecule has 0 aliphatic carbocycles. The molecule has 0 bridgehead atoms. The van der Waals surface area contributed by atoms with Gasteiger partial charge in [-0.1, -0.05) is 105 Å². The molecule has 133 valence electrons. The molecule has 0 amide bonds. The highest BCUT2D eigenvalue weighted by Crippen LogP contribution is 2.32. The number of unbranched alkanes of at least 4 members (excludes halogenated alkanes) is 10. The van der Waals surface area contributed by atoms with Crippen molar-refractivity contribution in [2.24, 2.45) is 5.92 Å². The first-order valence-corrected chi connectivity index (χ1v) is 10.3. The van der Waals surface area contributed by atoms with Gasteiger partial charge in [0.2, 0.25) is 0 Å². The van der Waals surface area contributed by atoms with Crippen LogP contribution in [0.25, 0.3) is 0 Å². The fourth-order valence-electron chi connectivity index (χ4n) is 3.47. The summed E-state index contributed by atoms with van der Waals surface area (Å²) in [6.07, 6.45) is 18.5. The maximum absolute atomic E-state index is 13.0. The molecule has 0 aromatic heterocycles. The maximum atomic E-state index is 13.0. The van der Waals surface area contributed by atoms with E-state index in [1.165, 1.54) is 70.6 Å². The van der Waals surface area contributed by atoms with Crippen LogP contribution in [0.5, 0.6) is 0 Å². The Kier molecular flexibility index (Phi) is 14.5. The van der Waals surface area contributed by atoms with Crippen LogP contribution in [0.1, 0.15) is 124 Å². The first-order valence-electron chi connectivity index (χ1n) is 10.3. The second-order valence-corrected chi connectivity index (χ2v) is 7.39. The highest BCUT2D eigenvalue weighted by Gasteiger charge is 2.32. The van der Waals surface area contributed by atoms with Crippen molar-refractivity contribution in [2.75, 3.05) is 0 Å². The smallest absolute Gasteiger partial charge is 0.106 e. The first kappa shape index (κ1) is 22.0. The molecule has 0 aliphatic heterocycles. The molecule has 0 saturated carbocycles. The summed E-state index contributed by atoms with van der Waals surface area (Å²) in [5, 5.41) is 13.0. The van der Waals surface area contributed by atoms with E-state index in [4.69, 9.17) is 0 Å². The van der Waals surface area contributed by atoms with Crippen LogP contribution in [0.15, 0.2) is 0 Å². The number of hydrogen-bond donors (Lipinski definition) is 0. The molecule has 0 aliphatic rings. The third kappa shape index (κ3) is 10.6. The zero-order valence-corrected chi connectivity index (χ0v) is 16.1. The maximum Gasteiger partial charge on any atom is 0.106 e. The first-order chi connectivity index (χ1) is 10.6. The Labute approximate surface area is 141 Å². The normalized spacial score (nSPS) is 15.7. The Bertz CT molecular complexity index is 226. The van der Waals surface area contributed by atoms with Crippen molar-refractivity contribution in [3.63, 3.8) is 0 Å². The Morgan fingerprint density at radius 1 is 0.682 bits per heavy atom. The van der Waals surface area contributed by atoms with Crippen LogP contribution < -0.4 is 0 Å². The van der Waals surface area contributed by atoms with Gasteiger partial charge in [0.15, 0.2) is 0 Å². The largest absolute Gasteiger partial charge is 0.229 e. The quantitative estimate of drug-likeness (QED) is 0.260. The Morgan fingerprint density at radius 3 is 1.64 bits per heavy atom. The standard InChI is InChI=1S/C21H43O/c1-5-8-10-12-14-16-18-20(4)21(22,7-3)19-17-15-13-11-9-6-2/h20H,5-19H2,1-4H3. The van der Waals surface area contributed by atoms with Crippen LogP contribution in [0.3, 0.4) is 0 Å². The van der Waals surface area contributed by atoms with E-state index in [1.54, 1.807) is 0 Å². The topological polar surface area (TPSA) is 19.9 Å². The van der Waals surface area contributed by atoms with Crippen LogP contribution in [0.4, 0.5) is 0 Å². The van der Waals surface area contributed by atoms with Gasteiger partial charge in [0.25, 0.3) is 0 Å². The van der Waals surface area contributed by atoms with E-state index < -0.39 is 5.60 Å². The molecule has 1 heteroatoms. The van der Waals surface area contributed by atoms with Gasteiger partial charge in [-0.05, 0) is 25.2 Å². The highest BCUT2D eigenvalue weighted by molar-refractivity contribution is 4.82. The second-order valence-electron chi connectivity index (χ2n) is 7.39. The van der Waals surface area contributed by atoms with Crippen molar-refractivity contribution in [3.8, 4) is 0 Å². The molecule has 0 heterocycles. The van der Waals surface area contributed by atoms with Gasteiger partial charge in [0.05, 0.1) is 0 Å². The summed E-state index contributed by atoms with van der Waals surface area (Å²) in [6, 6.07) is 0. The van der Waals surface area contributed by atoms with E-state index >= 15 is 0 Å². The molecular weight excluding hydrogens is 268 g/mol. The number of hydrogen-bond acceptors (Lipinski definition) is 0. The van der Waals surface area contributed by atoms with Gasteiger partial charge in [-0.25, -0.2) is 5.11 Å². The lowest BCUT2D eigenvalue weighted by molar-refractivity contribution is -0.0865. The van der Waals surface area contributed by atoms with Crippen LogP contribution in [-0.4, -0.2) is 5.60 Å². The van der Waals surface area contributed by atoms with E-state index in [0.717, 1.165) is 25.7 Å². The third-order valence-electron chi connectivity index (χ3n) is 5.44. The van der Waals surface area contributed by atoms with Crippen molar-refractivity contribution >= 4 is 0 Å². The zero-order chi connectivity index (χ0) is 16.7. The molecule has 22 heavy (non-hydrogen) atoms. The van der Waals surface area contributed by atoms with Crippen LogP contribution in [0, 0.1) is 5.92 Å². The lowest BCUT2D eigenvalue weighted by Crippen LogP contribution is -2.34. The van der Waals surface area contributed by atoms with Gasteiger partial charge in [0.1, 0.15) is 5.60 Å². The van der Waals surface area contributed by atoms with Gasteiger partial charge >= 0.3 is 0 Å². The van der Waals surface area contributed by atoms with E-state index in [9.17, 15) is 5.11 Å². The monoisotopic (exact) mass is 311 g/mol. The fraction of sp³-hybridized carbons (Fsp3) is 1.00. The lowest BCUT2D eigenvalue weighted by Gasteiger charge is -2.31. The Balaban J connectivity index is 3.81. The Morgan fingerprint density at radius 2 is 1.14 bits per heavy atom. The molecule has 0 rings (SSSR count). The average Bonchev–Trinajstić information content (AvgIpc) is 2.53. The van der Waals surface area contributed by atoms with Crippen LogP contribution in [0.2, 0.25) is 0 Å². The van der Waals surface area contributed by atoms with Crippen molar-refractivity contribution in [3.05, 3.63) is 0 Å². The molecule has 2 atom stereocenters. The zero-order valence-electron chi connectivity index (χ0n) is 16.1. The molecule has 1 nitrogen and oxygen atoms in total. The summed E-state index contributed by atoms with van der Waals surface area (Å²) >= 11 is 0. The van der Waals surface area contributed by atoms with Crippen LogP contribution >= 0.6 is 0 Å². The second kappa shape index (κ2) is 14.5. The van der Waals surface area contributed by atoms with Gasteiger partial charge in [-0.3, -0.25) is 0 Å². The minimum atomic E-state index is -0.659. The lowest BCUT2D eigenvalue weighted by atomic mass is 9.79. The van der Waals surface area contributed by atoms with E-state index in [-0.39, 0.29) is 0 Å². The van der Waals surface area contributed by atoms with Crippen molar-refractivity contribution in [1.82, 2.24) is 0 Å². The molecular formula is C21H43O. The third-order valence-corrected chi connectivity index (χ3v) is 5.44. The molecule has 0 spiro atoms. The predicted molar refractivity (Wildman–Crippen MR) is 98.9 cm³/mol. The minimum absolute atomic E-state index is 0.347. The average molecular weight is 312 g/mol. The fourth-order valence-corrected chi connectivity index (χ4v) is 3.47. The summed E-state index contributed by atoms with van der Waals surface area (Å²) in [4.78, 5) is 0. The molecule has 0 N–H and O–H groups in total. The molecule has 0 saturated heterocycles. The van der Waals surface area contributed by atoms with Crippen molar-refractivity contribution < 1.29 is 5.11 Å². The summed E-state index contributed by atoms with van der Waals surface area (Å²) in [6.45, 7) is 8.82. The van der Waals surface area contributed by atoms with Gasteiger partial charge in [-0.15, -0.1) is 0 Å². The van der Waals surface area contributed by atoms with Gasteiger partial charge in [-0.2, -0.15) is 0 Å². The summed E-state index contributed by atoms with van der Waals surface area (Å²) in [5.74, 6) is 0.347. The SMILES string of the molecule is CCCCCCCCC(C)C([O])(CC)CCCCCCCC. The molecule has 0 aromatic carbocycles. The van der Waals surface area contributed by atoms with E-state index in [0.29, 0.717) is 5.92 Å². The molecule has 0 fully saturated rings.